The van der Waals surface area contributed by atoms with Gasteiger partial charge in [0.15, 0.2) is 0 Å². The zero-order valence-electron chi connectivity index (χ0n) is 17.3. The van der Waals surface area contributed by atoms with Gasteiger partial charge in [-0.2, -0.15) is 0 Å². The molecule has 3 aromatic heterocycles. The molecule has 7 nitrogen and oxygen atoms in total. The van der Waals surface area contributed by atoms with E-state index in [9.17, 15) is 9.59 Å². The average Bonchev–Trinajstić information content (AvgIpc) is 3.36. The zero-order chi connectivity index (χ0) is 21.4. The summed E-state index contributed by atoms with van der Waals surface area (Å²) < 4.78 is 13.9. The molecule has 0 bridgehead atoms. The smallest absolute Gasteiger partial charge is 0.332 e. The van der Waals surface area contributed by atoms with Crippen LogP contribution in [0, 0.1) is 6.92 Å². The summed E-state index contributed by atoms with van der Waals surface area (Å²) in [7, 11) is 1.63. The van der Waals surface area contributed by atoms with Crippen molar-refractivity contribution in [2.75, 3.05) is 7.11 Å². The van der Waals surface area contributed by atoms with E-state index < -0.39 is 0 Å². The van der Waals surface area contributed by atoms with Gasteiger partial charge >= 0.3 is 5.69 Å². The summed E-state index contributed by atoms with van der Waals surface area (Å²) in [6, 6.07) is 7.49. The first-order valence-electron chi connectivity index (χ1n) is 9.74. The maximum atomic E-state index is 13.3. The lowest BCUT2D eigenvalue weighted by molar-refractivity contribution is 0.408. The molecule has 0 fully saturated rings. The summed E-state index contributed by atoms with van der Waals surface area (Å²) in [5.41, 5.74) is 1.20. The Morgan fingerprint density at radius 3 is 2.67 bits per heavy atom. The number of benzene rings is 1. The van der Waals surface area contributed by atoms with Gasteiger partial charge in [-0.15, -0.1) is 11.3 Å². The van der Waals surface area contributed by atoms with Gasteiger partial charge < -0.3 is 9.15 Å². The molecule has 0 aliphatic rings. The van der Waals surface area contributed by atoms with Crippen molar-refractivity contribution in [3.05, 3.63) is 68.7 Å². The predicted octanol–water partition coefficient (Wildman–Crippen LogP) is 4.02. The van der Waals surface area contributed by atoms with E-state index in [1.807, 2.05) is 45.0 Å². The Hall–Kier alpha value is -3.13. The van der Waals surface area contributed by atoms with Gasteiger partial charge in [-0.3, -0.25) is 13.9 Å². The normalized spacial score (nSPS) is 11.5. The highest BCUT2D eigenvalue weighted by atomic mass is 32.1. The number of thiophene rings is 1. The Balaban J connectivity index is 1.92. The lowest BCUT2D eigenvalue weighted by atomic mass is 10.1. The molecule has 4 rings (SSSR count). The zero-order valence-corrected chi connectivity index (χ0v) is 18.2. The number of ether oxygens (including phenoxy) is 1. The van der Waals surface area contributed by atoms with E-state index in [0.29, 0.717) is 29.1 Å². The van der Waals surface area contributed by atoms with Crippen LogP contribution in [0.25, 0.3) is 21.0 Å². The Morgan fingerprint density at radius 2 is 2.00 bits per heavy atom. The highest BCUT2D eigenvalue weighted by Gasteiger charge is 2.23. The molecule has 0 N–H and O–H groups in total. The summed E-state index contributed by atoms with van der Waals surface area (Å²) in [6.45, 7) is 5.99. The third-order valence-electron chi connectivity index (χ3n) is 5.18. The number of aromatic nitrogens is 3. The van der Waals surface area contributed by atoms with Crippen LogP contribution in [-0.2, 0) is 13.0 Å². The van der Waals surface area contributed by atoms with Crippen molar-refractivity contribution < 1.29 is 9.15 Å². The number of para-hydroxylation sites is 1. The van der Waals surface area contributed by atoms with Crippen molar-refractivity contribution in [3.8, 4) is 16.5 Å². The summed E-state index contributed by atoms with van der Waals surface area (Å²) in [6.07, 6.45) is 3.67. The second-order valence-electron chi connectivity index (χ2n) is 7.34. The van der Waals surface area contributed by atoms with E-state index in [2.05, 4.69) is 4.98 Å². The van der Waals surface area contributed by atoms with E-state index in [-0.39, 0.29) is 17.3 Å². The first kappa shape index (κ1) is 20.2. The Morgan fingerprint density at radius 1 is 1.23 bits per heavy atom. The first-order valence-corrected chi connectivity index (χ1v) is 10.6. The number of fused-ring (bicyclic) bond motifs is 1. The highest BCUT2D eigenvalue weighted by Crippen LogP contribution is 2.35. The molecule has 4 aromatic rings. The molecule has 3 heterocycles. The van der Waals surface area contributed by atoms with Crippen molar-refractivity contribution >= 4 is 21.6 Å². The second-order valence-corrected chi connectivity index (χ2v) is 8.34. The molecule has 0 radical (unpaired) electrons. The fraction of sp³-hybridized carbons (Fsp3) is 0.318. The van der Waals surface area contributed by atoms with Gasteiger partial charge in [0.05, 0.1) is 23.6 Å². The molecule has 0 atom stereocenters. The van der Waals surface area contributed by atoms with Gasteiger partial charge in [0, 0.05) is 12.6 Å². The lowest BCUT2D eigenvalue weighted by Crippen LogP contribution is -2.41. The van der Waals surface area contributed by atoms with Crippen LogP contribution < -0.4 is 16.0 Å². The average molecular weight is 426 g/mol. The van der Waals surface area contributed by atoms with Crippen molar-refractivity contribution in [2.45, 2.75) is 39.8 Å². The predicted molar refractivity (Wildman–Crippen MR) is 118 cm³/mol. The summed E-state index contributed by atoms with van der Waals surface area (Å²) in [5.74, 6) is 1.23. The van der Waals surface area contributed by atoms with Crippen LogP contribution in [0.4, 0.5) is 0 Å². The van der Waals surface area contributed by atoms with E-state index in [1.165, 1.54) is 22.2 Å². The summed E-state index contributed by atoms with van der Waals surface area (Å²) in [4.78, 5) is 32.1. The summed E-state index contributed by atoms with van der Waals surface area (Å²) in [5, 5.41) is 0.543. The third-order valence-corrected chi connectivity index (χ3v) is 6.49. The molecule has 30 heavy (non-hydrogen) atoms. The van der Waals surface area contributed by atoms with Gasteiger partial charge in [-0.25, -0.2) is 9.78 Å². The van der Waals surface area contributed by atoms with E-state index in [4.69, 9.17) is 9.15 Å². The van der Waals surface area contributed by atoms with E-state index >= 15 is 0 Å². The molecule has 8 heteroatoms. The summed E-state index contributed by atoms with van der Waals surface area (Å²) >= 11 is 1.36. The third kappa shape index (κ3) is 3.27. The number of hydrogen-bond donors (Lipinski definition) is 0. The van der Waals surface area contributed by atoms with Gasteiger partial charge in [-0.1, -0.05) is 18.2 Å². The Kier molecular flexibility index (Phi) is 5.34. The fourth-order valence-corrected chi connectivity index (χ4v) is 4.96. The van der Waals surface area contributed by atoms with Gasteiger partial charge in [-0.05, 0) is 44.4 Å². The number of nitrogens with zero attached hydrogens (tertiary/aromatic N) is 3. The minimum Gasteiger partial charge on any atom is -0.496 e. The monoisotopic (exact) mass is 425 g/mol. The maximum absolute atomic E-state index is 13.3. The maximum Gasteiger partial charge on any atom is 0.332 e. The quantitative estimate of drug-likeness (QED) is 0.466. The molecule has 0 saturated carbocycles. The van der Waals surface area contributed by atoms with E-state index in [0.717, 1.165) is 21.8 Å². The van der Waals surface area contributed by atoms with Crippen molar-refractivity contribution in [1.29, 1.82) is 0 Å². The molecule has 1 aromatic carbocycles. The van der Waals surface area contributed by atoms with Crippen LogP contribution in [0.1, 0.15) is 31.0 Å². The lowest BCUT2D eigenvalue weighted by Gasteiger charge is -2.15. The SMILES string of the molecule is COc1ccccc1CCn1c(=O)n(C(C)C)c(=O)c2c(C)c(-c3ncco3)sc21. The van der Waals surface area contributed by atoms with Crippen LogP contribution in [0.3, 0.4) is 0 Å². The van der Waals surface area contributed by atoms with Crippen LogP contribution >= 0.6 is 11.3 Å². The Bertz CT molecular complexity index is 1310. The first-order chi connectivity index (χ1) is 14.4. The molecule has 0 aliphatic carbocycles. The number of aryl methyl sites for hydroxylation is 3. The van der Waals surface area contributed by atoms with Crippen molar-refractivity contribution in [1.82, 2.24) is 14.1 Å². The standard InChI is InChI=1S/C22H23N3O4S/c1-13(2)25-20(26)17-14(3)18(19-23-10-12-29-19)30-21(17)24(22(25)27)11-9-15-7-5-6-8-16(15)28-4/h5-8,10,12-13H,9,11H2,1-4H3. The van der Waals surface area contributed by atoms with Crippen molar-refractivity contribution in [3.63, 3.8) is 0 Å². The molecule has 0 spiro atoms. The van der Waals surface area contributed by atoms with E-state index in [1.54, 1.807) is 17.9 Å². The molecule has 0 amide bonds. The number of hydrogen-bond acceptors (Lipinski definition) is 6. The van der Waals surface area contributed by atoms with Crippen molar-refractivity contribution in [2.24, 2.45) is 0 Å². The number of oxazole rings is 1. The molecular formula is C22H23N3O4S. The minimum absolute atomic E-state index is 0.253. The van der Waals surface area contributed by atoms with Crippen LogP contribution in [0.15, 0.2) is 50.7 Å². The highest BCUT2D eigenvalue weighted by molar-refractivity contribution is 7.22. The minimum atomic E-state index is -0.308. The largest absolute Gasteiger partial charge is 0.496 e. The topological polar surface area (TPSA) is 79.3 Å². The molecule has 0 aliphatic heterocycles. The van der Waals surface area contributed by atoms with Gasteiger partial charge in [0.1, 0.15) is 16.8 Å². The van der Waals surface area contributed by atoms with Crippen LogP contribution in [0.2, 0.25) is 0 Å². The Labute approximate surface area is 177 Å². The molecule has 0 saturated heterocycles. The number of rotatable bonds is 6. The van der Waals surface area contributed by atoms with Crippen LogP contribution in [0.5, 0.6) is 5.75 Å². The van der Waals surface area contributed by atoms with Crippen LogP contribution in [-0.4, -0.2) is 21.2 Å². The molecule has 156 valence electrons. The molecule has 0 unspecified atom stereocenters. The van der Waals surface area contributed by atoms with Gasteiger partial charge in [0.25, 0.3) is 5.56 Å². The van der Waals surface area contributed by atoms with Gasteiger partial charge in [0.2, 0.25) is 5.89 Å². The fourth-order valence-electron chi connectivity index (χ4n) is 3.70. The second kappa shape index (κ2) is 7.95. The number of methoxy groups -OCH3 is 1. The molecular weight excluding hydrogens is 402 g/mol.